The standard InChI is InChI=1S/C14H16N6O/c1-14(2)10-4-3-9(5-8(10)7-18-13(14)21)19-20-11(6-15)12(16)17/h3-5,19H,7H2,1-2H3,(H3,16,17)(H,18,21)/b20-11+. The highest BCUT2D eigenvalue weighted by atomic mass is 16.2. The summed E-state index contributed by atoms with van der Waals surface area (Å²) in [4.78, 5) is 11.9. The van der Waals surface area contributed by atoms with E-state index in [0.717, 1.165) is 11.1 Å². The third-order valence-electron chi connectivity index (χ3n) is 3.44. The average molecular weight is 284 g/mol. The molecule has 7 nitrogen and oxygen atoms in total. The van der Waals surface area contributed by atoms with Gasteiger partial charge in [-0.2, -0.15) is 10.4 Å². The highest BCUT2D eigenvalue weighted by Gasteiger charge is 2.35. The summed E-state index contributed by atoms with van der Waals surface area (Å²) >= 11 is 0. The van der Waals surface area contributed by atoms with Crippen LogP contribution in [0.3, 0.4) is 0 Å². The van der Waals surface area contributed by atoms with E-state index in [1.807, 2.05) is 26.0 Å². The van der Waals surface area contributed by atoms with E-state index in [2.05, 4.69) is 15.8 Å². The Labute approximate surface area is 122 Å². The van der Waals surface area contributed by atoms with Gasteiger partial charge in [-0.3, -0.25) is 15.6 Å². The number of nitriles is 1. The van der Waals surface area contributed by atoms with Gasteiger partial charge in [0.05, 0.1) is 11.1 Å². The normalized spacial score (nSPS) is 16.4. The van der Waals surface area contributed by atoms with Gasteiger partial charge in [0.1, 0.15) is 6.07 Å². The predicted octanol–water partition coefficient (Wildman–Crippen LogP) is 0.821. The first-order valence-electron chi connectivity index (χ1n) is 6.36. The molecule has 2 rings (SSSR count). The second-order valence-electron chi connectivity index (χ2n) is 5.28. The number of carbonyl (C=O) groups is 1. The summed E-state index contributed by atoms with van der Waals surface area (Å²) in [7, 11) is 0. The van der Waals surface area contributed by atoms with Crippen molar-refractivity contribution >= 4 is 23.1 Å². The van der Waals surface area contributed by atoms with Crippen molar-refractivity contribution in [2.24, 2.45) is 10.8 Å². The van der Waals surface area contributed by atoms with Crippen LogP contribution in [0.1, 0.15) is 25.0 Å². The van der Waals surface area contributed by atoms with E-state index in [1.54, 1.807) is 12.1 Å². The summed E-state index contributed by atoms with van der Waals surface area (Å²) in [5.41, 5.74) is 9.77. The molecule has 0 fully saturated rings. The molecule has 0 spiro atoms. The van der Waals surface area contributed by atoms with Crippen LogP contribution in [0.25, 0.3) is 0 Å². The third kappa shape index (κ3) is 2.69. The lowest BCUT2D eigenvalue weighted by atomic mass is 9.78. The minimum Gasteiger partial charge on any atom is -0.382 e. The SMILES string of the molecule is CC1(C)C(=O)NCc2cc(N/N=C(\C#N)C(=N)N)ccc21. The molecule has 1 aliphatic heterocycles. The van der Waals surface area contributed by atoms with Gasteiger partial charge < -0.3 is 11.1 Å². The number of amidine groups is 1. The summed E-state index contributed by atoms with van der Waals surface area (Å²) in [6.45, 7) is 4.19. The Morgan fingerprint density at radius 1 is 1.57 bits per heavy atom. The second-order valence-corrected chi connectivity index (χ2v) is 5.28. The van der Waals surface area contributed by atoms with E-state index in [4.69, 9.17) is 16.4 Å². The monoisotopic (exact) mass is 284 g/mol. The number of hydrazone groups is 1. The Morgan fingerprint density at radius 2 is 2.29 bits per heavy atom. The van der Waals surface area contributed by atoms with Crippen molar-refractivity contribution in [1.29, 1.82) is 10.7 Å². The number of fused-ring (bicyclic) bond motifs is 1. The molecule has 1 aromatic rings. The van der Waals surface area contributed by atoms with Crippen LogP contribution in [0.15, 0.2) is 23.3 Å². The first kappa shape index (κ1) is 14.5. The third-order valence-corrected chi connectivity index (χ3v) is 3.44. The first-order valence-corrected chi connectivity index (χ1v) is 6.36. The van der Waals surface area contributed by atoms with Crippen molar-refractivity contribution in [3.8, 4) is 6.07 Å². The zero-order valence-electron chi connectivity index (χ0n) is 11.8. The Morgan fingerprint density at radius 3 is 2.90 bits per heavy atom. The van der Waals surface area contributed by atoms with Gasteiger partial charge in [0.2, 0.25) is 11.6 Å². The zero-order valence-corrected chi connectivity index (χ0v) is 11.8. The molecular formula is C14H16N6O. The van der Waals surface area contributed by atoms with Gasteiger partial charge in [0, 0.05) is 6.54 Å². The van der Waals surface area contributed by atoms with Crippen LogP contribution in [0.2, 0.25) is 0 Å². The minimum absolute atomic E-state index is 0.00271. The molecule has 21 heavy (non-hydrogen) atoms. The zero-order chi connectivity index (χ0) is 15.6. The molecule has 0 atom stereocenters. The highest BCUT2D eigenvalue weighted by Crippen LogP contribution is 2.32. The average Bonchev–Trinajstić information content (AvgIpc) is 2.43. The van der Waals surface area contributed by atoms with Crippen molar-refractivity contribution in [3.05, 3.63) is 29.3 Å². The largest absolute Gasteiger partial charge is 0.382 e. The van der Waals surface area contributed by atoms with Gasteiger partial charge >= 0.3 is 0 Å². The fraction of sp³-hybridized carbons (Fsp3) is 0.286. The summed E-state index contributed by atoms with van der Waals surface area (Å²) in [6, 6.07) is 7.23. The second kappa shape index (κ2) is 5.25. The van der Waals surface area contributed by atoms with Crippen molar-refractivity contribution < 1.29 is 4.79 Å². The minimum atomic E-state index is -0.577. The molecule has 1 aromatic carbocycles. The molecule has 0 radical (unpaired) electrons. The van der Waals surface area contributed by atoms with Crippen molar-refractivity contribution in [2.75, 3.05) is 5.43 Å². The Hall–Kier alpha value is -2.88. The Kier molecular flexibility index (Phi) is 3.63. The van der Waals surface area contributed by atoms with Crippen LogP contribution in [0.4, 0.5) is 5.69 Å². The Bertz CT molecular complexity index is 683. The van der Waals surface area contributed by atoms with Gasteiger partial charge in [-0.1, -0.05) is 6.07 Å². The van der Waals surface area contributed by atoms with E-state index in [1.165, 1.54) is 0 Å². The molecule has 5 N–H and O–H groups in total. The molecule has 7 heteroatoms. The molecule has 0 saturated carbocycles. The fourth-order valence-corrected chi connectivity index (χ4v) is 2.20. The van der Waals surface area contributed by atoms with Gasteiger partial charge in [-0.25, -0.2) is 0 Å². The number of carbonyl (C=O) groups excluding carboxylic acids is 1. The number of amides is 1. The van der Waals surface area contributed by atoms with Crippen molar-refractivity contribution in [2.45, 2.75) is 25.8 Å². The fourth-order valence-electron chi connectivity index (χ4n) is 2.20. The topological polar surface area (TPSA) is 127 Å². The quantitative estimate of drug-likeness (QED) is 0.372. The van der Waals surface area contributed by atoms with Crippen LogP contribution in [0, 0.1) is 16.7 Å². The van der Waals surface area contributed by atoms with E-state index >= 15 is 0 Å². The van der Waals surface area contributed by atoms with E-state index < -0.39 is 11.3 Å². The van der Waals surface area contributed by atoms with Crippen LogP contribution in [-0.2, 0) is 16.8 Å². The van der Waals surface area contributed by atoms with Gasteiger partial charge in [0.25, 0.3) is 0 Å². The van der Waals surface area contributed by atoms with E-state index in [0.29, 0.717) is 12.2 Å². The highest BCUT2D eigenvalue weighted by molar-refractivity contribution is 6.45. The molecule has 1 heterocycles. The summed E-state index contributed by atoms with van der Waals surface area (Å²) in [5.74, 6) is -0.395. The first-order chi connectivity index (χ1) is 9.86. The number of anilines is 1. The molecular weight excluding hydrogens is 268 g/mol. The van der Waals surface area contributed by atoms with Gasteiger partial charge in [-0.15, -0.1) is 0 Å². The number of hydrogen-bond acceptors (Lipinski definition) is 5. The number of rotatable bonds is 3. The molecule has 0 aromatic heterocycles. The Balaban J connectivity index is 2.30. The molecule has 0 unspecified atom stereocenters. The predicted molar refractivity (Wildman–Crippen MR) is 79.9 cm³/mol. The van der Waals surface area contributed by atoms with Crippen molar-refractivity contribution in [1.82, 2.24) is 5.32 Å². The molecule has 1 amide bonds. The van der Waals surface area contributed by atoms with E-state index in [9.17, 15) is 4.79 Å². The lowest BCUT2D eigenvalue weighted by Crippen LogP contribution is -2.44. The van der Waals surface area contributed by atoms with Gasteiger partial charge in [-0.05, 0) is 37.1 Å². The molecule has 0 aliphatic carbocycles. The number of nitrogens with one attached hydrogen (secondary N) is 3. The smallest absolute Gasteiger partial charge is 0.230 e. The number of nitrogens with zero attached hydrogens (tertiary/aromatic N) is 2. The summed E-state index contributed by atoms with van der Waals surface area (Å²) in [6.07, 6.45) is 0. The van der Waals surface area contributed by atoms with Crippen molar-refractivity contribution in [3.63, 3.8) is 0 Å². The lowest BCUT2D eigenvalue weighted by molar-refractivity contribution is -0.126. The molecule has 1 aliphatic rings. The lowest BCUT2D eigenvalue weighted by Gasteiger charge is -2.31. The van der Waals surface area contributed by atoms with Crippen LogP contribution in [0.5, 0.6) is 0 Å². The molecule has 108 valence electrons. The van der Waals surface area contributed by atoms with E-state index in [-0.39, 0.29) is 11.6 Å². The maximum atomic E-state index is 11.9. The van der Waals surface area contributed by atoms with Crippen LogP contribution in [-0.4, -0.2) is 17.5 Å². The number of nitrogens with two attached hydrogens (primary N) is 1. The number of benzene rings is 1. The number of hydrogen-bond donors (Lipinski definition) is 4. The maximum Gasteiger partial charge on any atom is 0.230 e. The molecule has 0 bridgehead atoms. The maximum absolute atomic E-state index is 11.9. The van der Waals surface area contributed by atoms with Crippen LogP contribution >= 0.6 is 0 Å². The summed E-state index contributed by atoms with van der Waals surface area (Å²) in [5, 5.41) is 22.6. The summed E-state index contributed by atoms with van der Waals surface area (Å²) < 4.78 is 0. The molecule has 0 saturated heterocycles. The van der Waals surface area contributed by atoms with Crippen LogP contribution < -0.4 is 16.5 Å². The van der Waals surface area contributed by atoms with Gasteiger partial charge in [0.15, 0.2) is 5.84 Å².